The molecule has 0 spiro atoms. The SMILES string of the molecule is COC(OC)C(=O)c1ccc(OC2CC2)cc1. The van der Waals surface area contributed by atoms with Gasteiger partial charge in [-0.25, -0.2) is 0 Å². The molecule has 1 aliphatic carbocycles. The van der Waals surface area contributed by atoms with Crippen molar-refractivity contribution in [2.75, 3.05) is 14.2 Å². The van der Waals surface area contributed by atoms with E-state index in [0.29, 0.717) is 11.7 Å². The first kappa shape index (κ1) is 12.1. The number of hydrogen-bond donors (Lipinski definition) is 0. The summed E-state index contributed by atoms with van der Waals surface area (Å²) in [6, 6.07) is 7.05. The fourth-order valence-corrected chi connectivity index (χ4v) is 1.52. The van der Waals surface area contributed by atoms with Gasteiger partial charge in [-0.3, -0.25) is 4.79 Å². The van der Waals surface area contributed by atoms with Crippen LogP contribution < -0.4 is 4.74 Å². The molecule has 0 N–H and O–H groups in total. The average Bonchev–Trinajstić information content (AvgIpc) is 3.15. The third kappa shape index (κ3) is 3.05. The standard InChI is InChI=1S/C13H16O4/c1-15-13(16-2)12(14)9-3-5-10(6-4-9)17-11-7-8-11/h3-6,11,13H,7-8H2,1-2H3. The van der Waals surface area contributed by atoms with Crippen LogP contribution in [0.15, 0.2) is 24.3 Å². The lowest BCUT2D eigenvalue weighted by Crippen LogP contribution is -2.24. The van der Waals surface area contributed by atoms with Crippen LogP contribution in [0.4, 0.5) is 0 Å². The van der Waals surface area contributed by atoms with Crippen molar-refractivity contribution in [3.8, 4) is 5.75 Å². The highest BCUT2D eigenvalue weighted by atomic mass is 16.7. The van der Waals surface area contributed by atoms with Crippen molar-refractivity contribution in [2.45, 2.75) is 25.2 Å². The number of ketones is 1. The van der Waals surface area contributed by atoms with Crippen LogP contribution in [0.3, 0.4) is 0 Å². The van der Waals surface area contributed by atoms with Gasteiger partial charge >= 0.3 is 0 Å². The number of rotatable bonds is 6. The van der Waals surface area contributed by atoms with E-state index in [1.165, 1.54) is 14.2 Å². The summed E-state index contributed by atoms with van der Waals surface area (Å²) in [6.07, 6.45) is 1.76. The molecule has 0 amide bonds. The predicted octanol–water partition coefficient (Wildman–Crippen LogP) is 2.03. The minimum Gasteiger partial charge on any atom is -0.490 e. The zero-order chi connectivity index (χ0) is 12.3. The molecule has 1 aromatic rings. The van der Waals surface area contributed by atoms with Crippen molar-refractivity contribution in [3.63, 3.8) is 0 Å². The summed E-state index contributed by atoms with van der Waals surface area (Å²) >= 11 is 0. The van der Waals surface area contributed by atoms with Crippen LogP contribution in [0.5, 0.6) is 5.75 Å². The second-order valence-corrected chi connectivity index (χ2v) is 4.01. The zero-order valence-electron chi connectivity index (χ0n) is 10.0. The molecular formula is C13H16O4. The highest BCUT2D eigenvalue weighted by Gasteiger charge is 2.24. The Hall–Kier alpha value is -1.39. The minimum absolute atomic E-state index is 0.187. The molecule has 0 aliphatic heterocycles. The zero-order valence-corrected chi connectivity index (χ0v) is 10.0. The van der Waals surface area contributed by atoms with Crippen LogP contribution in [0, 0.1) is 0 Å². The lowest BCUT2D eigenvalue weighted by molar-refractivity contribution is -0.0742. The van der Waals surface area contributed by atoms with Crippen LogP contribution in [-0.2, 0) is 9.47 Å². The largest absolute Gasteiger partial charge is 0.490 e. The van der Waals surface area contributed by atoms with Crippen LogP contribution in [-0.4, -0.2) is 32.4 Å². The number of benzene rings is 1. The molecule has 0 unspecified atom stereocenters. The average molecular weight is 236 g/mol. The monoisotopic (exact) mass is 236 g/mol. The number of carbonyl (C=O) groups is 1. The maximum Gasteiger partial charge on any atom is 0.222 e. The van der Waals surface area contributed by atoms with Crippen LogP contribution in [0.1, 0.15) is 23.2 Å². The first-order valence-corrected chi connectivity index (χ1v) is 5.61. The molecule has 17 heavy (non-hydrogen) atoms. The van der Waals surface area contributed by atoms with Gasteiger partial charge in [-0.2, -0.15) is 0 Å². The lowest BCUT2D eigenvalue weighted by Gasteiger charge is -2.12. The van der Waals surface area contributed by atoms with E-state index in [9.17, 15) is 4.79 Å². The van der Waals surface area contributed by atoms with Crippen LogP contribution in [0.25, 0.3) is 0 Å². The molecular weight excluding hydrogens is 220 g/mol. The topological polar surface area (TPSA) is 44.8 Å². The number of carbonyl (C=O) groups excluding carboxylic acids is 1. The molecule has 0 atom stereocenters. The molecule has 1 aliphatic rings. The van der Waals surface area contributed by atoms with E-state index in [-0.39, 0.29) is 5.78 Å². The molecule has 1 fully saturated rings. The van der Waals surface area contributed by atoms with Gasteiger partial charge in [0.1, 0.15) is 5.75 Å². The molecule has 4 nitrogen and oxygen atoms in total. The van der Waals surface area contributed by atoms with Crippen molar-refractivity contribution >= 4 is 5.78 Å². The fourth-order valence-electron chi connectivity index (χ4n) is 1.52. The van der Waals surface area contributed by atoms with Crippen molar-refractivity contribution < 1.29 is 19.0 Å². The Morgan fingerprint density at radius 3 is 2.24 bits per heavy atom. The number of methoxy groups -OCH3 is 2. The molecule has 0 aromatic heterocycles. The summed E-state index contributed by atoms with van der Waals surface area (Å²) in [6.45, 7) is 0. The number of hydrogen-bond acceptors (Lipinski definition) is 4. The number of Topliss-reactive ketones (excluding diaryl/α,β-unsaturated/α-hetero) is 1. The van der Waals surface area contributed by atoms with Crippen molar-refractivity contribution in [1.29, 1.82) is 0 Å². The van der Waals surface area contributed by atoms with Gasteiger partial charge in [0.2, 0.25) is 12.1 Å². The van der Waals surface area contributed by atoms with Crippen molar-refractivity contribution in [2.24, 2.45) is 0 Å². The van der Waals surface area contributed by atoms with Gasteiger partial charge in [0, 0.05) is 19.8 Å². The third-order valence-corrected chi connectivity index (χ3v) is 2.61. The van der Waals surface area contributed by atoms with E-state index >= 15 is 0 Å². The van der Waals surface area contributed by atoms with Crippen molar-refractivity contribution in [1.82, 2.24) is 0 Å². The summed E-state index contributed by atoms with van der Waals surface area (Å²) in [5.41, 5.74) is 0.557. The van der Waals surface area contributed by atoms with Gasteiger partial charge in [-0.05, 0) is 37.1 Å². The minimum atomic E-state index is -0.842. The Kier molecular flexibility index (Phi) is 3.76. The Balaban J connectivity index is 2.02. The molecule has 4 heteroatoms. The lowest BCUT2D eigenvalue weighted by atomic mass is 10.1. The molecule has 0 heterocycles. The van der Waals surface area contributed by atoms with Gasteiger partial charge in [0.25, 0.3) is 0 Å². The van der Waals surface area contributed by atoms with E-state index in [1.54, 1.807) is 24.3 Å². The van der Waals surface area contributed by atoms with Crippen molar-refractivity contribution in [3.05, 3.63) is 29.8 Å². The molecule has 1 aromatic carbocycles. The maximum atomic E-state index is 11.9. The number of ether oxygens (including phenoxy) is 3. The van der Waals surface area contributed by atoms with E-state index in [0.717, 1.165) is 18.6 Å². The molecule has 1 saturated carbocycles. The van der Waals surface area contributed by atoms with Gasteiger partial charge in [0.05, 0.1) is 6.10 Å². The Labute approximate surface area is 100 Å². The van der Waals surface area contributed by atoms with Crippen LogP contribution in [0.2, 0.25) is 0 Å². The Morgan fingerprint density at radius 1 is 1.18 bits per heavy atom. The summed E-state index contributed by atoms with van der Waals surface area (Å²) in [5.74, 6) is 0.614. The quantitative estimate of drug-likeness (QED) is 0.560. The van der Waals surface area contributed by atoms with E-state index in [1.807, 2.05) is 0 Å². The summed E-state index contributed by atoms with van der Waals surface area (Å²) < 4.78 is 15.4. The first-order valence-electron chi connectivity index (χ1n) is 5.61. The second-order valence-electron chi connectivity index (χ2n) is 4.01. The fraction of sp³-hybridized carbons (Fsp3) is 0.462. The summed E-state index contributed by atoms with van der Waals surface area (Å²) in [7, 11) is 2.88. The predicted molar refractivity (Wildman–Crippen MR) is 62.2 cm³/mol. The highest BCUT2D eigenvalue weighted by Crippen LogP contribution is 2.26. The van der Waals surface area contributed by atoms with Gasteiger partial charge < -0.3 is 14.2 Å². The van der Waals surface area contributed by atoms with Gasteiger partial charge in [-0.1, -0.05) is 0 Å². The molecule has 2 rings (SSSR count). The normalized spacial score (nSPS) is 15.0. The smallest absolute Gasteiger partial charge is 0.222 e. The molecule has 0 radical (unpaired) electrons. The maximum absolute atomic E-state index is 11.9. The molecule has 0 saturated heterocycles. The first-order chi connectivity index (χ1) is 8.24. The van der Waals surface area contributed by atoms with E-state index in [2.05, 4.69) is 0 Å². The van der Waals surface area contributed by atoms with Crippen LogP contribution >= 0.6 is 0 Å². The Morgan fingerprint density at radius 2 is 1.76 bits per heavy atom. The Bertz CT molecular complexity index is 377. The highest BCUT2D eigenvalue weighted by molar-refractivity contribution is 5.98. The van der Waals surface area contributed by atoms with E-state index < -0.39 is 6.29 Å². The van der Waals surface area contributed by atoms with Gasteiger partial charge in [-0.15, -0.1) is 0 Å². The molecule has 92 valence electrons. The van der Waals surface area contributed by atoms with E-state index in [4.69, 9.17) is 14.2 Å². The van der Waals surface area contributed by atoms with Gasteiger partial charge in [0.15, 0.2) is 0 Å². The summed E-state index contributed by atoms with van der Waals surface area (Å²) in [5, 5.41) is 0. The third-order valence-electron chi connectivity index (χ3n) is 2.61. The second kappa shape index (κ2) is 5.29. The summed E-state index contributed by atoms with van der Waals surface area (Å²) in [4.78, 5) is 11.9. The molecule has 0 bridgehead atoms.